The third-order valence-electron chi connectivity index (χ3n) is 2.03. The average Bonchev–Trinajstić information content (AvgIpc) is 2.27. The summed E-state index contributed by atoms with van der Waals surface area (Å²) in [6.45, 7) is 0. The molecule has 78 valence electrons. The van der Waals surface area contributed by atoms with Crippen LogP contribution in [0.15, 0.2) is 24.3 Å². The highest BCUT2D eigenvalue weighted by molar-refractivity contribution is 5.71. The van der Waals surface area contributed by atoms with Crippen LogP contribution in [0.3, 0.4) is 0 Å². The predicted molar refractivity (Wildman–Crippen MR) is 51.4 cm³/mol. The van der Waals surface area contributed by atoms with Gasteiger partial charge in [0, 0.05) is 0 Å². The van der Waals surface area contributed by atoms with Crippen molar-refractivity contribution < 1.29 is 13.9 Å². The summed E-state index contributed by atoms with van der Waals surface area (Å²) in [5.41, 5.74) is 0.615. The lowest BCUT2D eigenvalue weighted by molar-refractivity contribution is -0.140. The summed E-state index contributed by atoms with van der Waals surface area (Å²) in [7, 11) is 1.27. The first-order chi connectivity index (χ1) is 7.17. The maximum atomic E-state index is 12.6. The van der Waals surface area contributed by atoms with Gasteiger partial charge in [-0.15, -0.1) is 0 Å². The molecule has 0 aliphatic heterocycles. The highest BCUT2D eigenvalue weighted by Crippen LogP contribution is 2.19. The van der Waals surface area contributed by atoms with Gasteiger partial charge in [0.15, 0.2) is 0 Å². The molecule has 0 heterocycles. The van der Waals surface area contributed by atoms with Gasteiger partial charge >= 0.3 is 5.97 Å². The number of carbonyl (C=O) groups is 1. The van der Waals surface area contributed by atoms with Crippen LogP contribution >= 0.6 is 0 Å². The van der Waals surface area contributed by atoms with E-state index in [1.807, 2.05) is 6.07 Å². The van der Waals surface area contributed by atoms with E-state index in [9.17, 15) is 9.18 Å². The van der Waals surface area contributed by atoms with Gasteiger partial charge in [-0.05, 0) is 17.7 Å². The van der Waals surface area contributed by atoms with E-state index in [-0.39, 0.29) is 12.2 Å². The van der Waals surface area contributed by atoms with Crippen LogP contribution in [0.2, 0.25) is 0 Å². The van der Waals surface area contributed by atoms with Gasteiger partial charge in [0.1, 0.15) is 5.82 Å². The number of carbonyl (C=O) groups excluding carboxylic acids is 1. The summed E-state index contributed by atoms with van der Waals surface area (Å²) in [4.78, 5) is 11.0. The van der Waals surface area contributed by atoms with Crippen molar-refractivity contribution in [3.63, 3.8) is 0 Å². The minimum absolute atomic E-state index is 0.0152. The van der Waals surface area contributed by atoms with Crippen LogP contribution in [0, 0.1) is 17.1 Å². The molecule has 0 N–H and O–H groups in total. The van der Waals surface area contributed by atoms with Crippen molar-refractivity contribution in [2.24, 2.45) is 0 Å². The SMILES string of the molecule is COC(=O)C[C@H](C#N)c1ccc(F)cc1. The number of rotatable bonds is 3. The molecular formula is C11H10FNO2. The summed E-state index contributed by atoms with van der Waals surface area (Å²) in [6, 6.07) is 7.49. The molecule has 0 bridgehead atoms. The van der Waals surface area contributed by atoms with E-state index in [2.05, 4.69) is 4.74 Å². The van der Waals surface area contributed by atoms with Crippen molar-refractivity contribution in [3.8, 4) is 6.07 Å². The van der Waals surface area contributed by atoms with Crippen LogP contribution in [0.4, 0.5) is 4.39 Å². The van der Waals surface area contributed by atoms with Crippen LogP contribution in [0.25, 0.3) is 0 Å². The Morgan fingerprint density at radius 3 is 2.60 bits per heavy atom. The number of ether oxygens (including phenoxy) is 1. The van der Waals surface area contributed by atoms with Gasteiger partial charge in [-0.2, -0.15) is 5.26 Å². The maximum absolute atomic E-state index is 12.6. The van der Waals surface area contributed by atoms with Gasteiger partial charge in [-0.25, -0.2) is 4.39 Å². The van der Waals surface area contributed by atoms with Crippen LogP contribution in [0.1, 0.15) is 17.9 Å². The van der Waals surface area contributed by atoms with E-state index < -0.39 is 11.9 Å². The van der Waals surface area contributed by atoms with Crippen LogP contribution in [-0.4, -0.2) is 13.1 Å². The molecule has 1 aromatic rings. The molecule has 4 heteroatoms. The van der Waals surface area contributed by atoms with E-state index >= 15 is 0 Å². The molecule has 0 amide bonds. The Hall–Kier alpha value is -1.89. The van der Waals surface area contributed by atoms with Crippen molar-refractivity contribution in [1.29, 1.82) is 5.26 Å². The predicted octanol–water partition coefficient (Wildman–Crippen LogP) is 2.00. The fourth-order valence-electron chi connectivity index (χ4n) is 1.18. The monoisotopic (exact) mass is 207 g/mol. The molecule has 0 aromatic heterocycles. The normalized spacial score (nSPS) is 11.5. The zero-order chi connectivity index (χ0) is 11.3. The Balaban J connectivity index is 2.80. The summed E-state index contributed by atoms with van der Waals surface area (Å²) in [6.07, 6.45) is -0.0152. The second kappa shape index (κ2) is 5.11. The number of nitrogens with zero attached hydrogens (tertiary/aromatic N) is 1. The summed E-state index contributed by atoms with van der Waals surface area (Å²) < 4.78 is 17.1. The molecule has 0 saturated heterocycles. The molecule has 3 nitrogen and oxygen atoms in total. The molecular weight excluding hydrogens is 197 g/mol. The Morgan fingerprint density at radius 1 is 1.53 bits per heavy atom. The van der Waals surface area contributed by atoms with Gasteiger partial charge < -0.3 is 4.74 Å². The Labute approximate surface area is 87.1 Å². The van der Waals surface area contributed by atoms with E-state index in [1.54, 1.807) is 0 Å². The molecule has 1 aromatic carbocycles. The van der Waals surface area contributed by atoms with Crippen LogP contribution < -0.4 is 0 Å². The molecule has 0 saturated carbocycles. The van der Waals surface area contributed by atoms with Gasteiger partial charge in [0.05, 0.1) is 25.5 Å². The zero-order valence-electron chi connectivity index (χ0n) is 8.24. The van der Waals surface area contributed by atoms with Gasteiger partial charge in [-0.1, -0.05) is 12.1 Å². The topological polar surface area (TPSA) is 50.1 Å². The van der Waals surface area contributed by atoms with Crippen LogP contribution in [-0.2, 0) is 9.53 Å². The molecule has 0 aliphatic rings. The summed E-state index contributed by atoms with van der Waals surface area (Å²) in [5.74, 6) is -1.41. The lowest BCUT2D eigenvalue weighted by Crippen LogP contribution is -2.07. The minimum atomic E-state index is -0.585. The molecule has 0 radical (unpaired) electrons. The molecule has 1 atom stereocenters. The van der Waals surface area contributed by atoms with E-state index in [1.165, 1.54) is 31.4 Å². The smallest absolute Gasteiger partial charge is 0.307 e. The van der Waals surface area contributed by atoms with Gasteiger partial charge in [-0.3, -0.25) is 4.79 Å². The Kier molecular flexibility index (Phi) is 3.81. The number of nitriles is 1. The number of hydrogen-bond donors (Lipinski definition) is 0. The molecule has 1 rings (SSSR count). The molecule has 0 fully saturated rings. The van der Waals surface area contributed by atoms with E-state index in [0.717, 1.165) is 0 Å². The summed E-state index contributed by atoms with van der Waals surface area (Å²) in [5, 5.41) is 8.84. The van der Waals surface area contributed by atoms with Crippen LogP contribution in [0.5, 0.6) is 0 Å². The number of halogens is 1. The fourth-order valence-corrected chi connectivity index (χ4v) is 1.18. The number of hydrogen-bond acceptors (Lipinski definition) is 3. The minimum Gasteiger partial charge on any atom is -0.469 e. The highest BCUT2D eigenvalue weighted by Gasteiger charge is 2.15. The van der Waals surface area contributed by atoms with Gasteiger partial charge in [0.25, 0.3) is 0 Å². The molecule has 0 unspecified atom stereocenters. The third kappa shape index (κ3) is 3.06. The Morgan fingerprint density at radius 2 is 2.13 bits per heavy atom. The lowest BCUT2D eigenvalue weighted by atomic mass is 9.97. The van der Waals surface area contributed by atoms with Crippen molar-refractivity contribution in [3.05, 3.63) is 35.6 Å². The first-order valence-electron chi connectivity index (χ1n) is 4.39. The standard InChI is InChI=1S/C11H10FNO2/c1-15-11(14)6-9(7-13)8-2-4-10(12)5-3-8/h2-5,9H,6H2,1H3/t9-/m1/s1. The zero-order valence-corrected chi connectivity index (χ0v) is 8.24. The second-order valence-electron chi connectivity index (χ2n) is 3.01. The first kappa shape index (κ1) is 11.2. The quantitative estimate of drug-likeness (QED) is 0.712. The van der Waals surface area contributed by atoms with Crippen molar-refractivity contribution in [2.45, 2.75) is 12.3 Å². The van der Waals surface area contributed by atoms with Crippen molar-refractivity contribution in [2.75, 3.05) is 7.11 Å². The molecule has 0 spiro atoms. The fraction of sp³-hybridized carbons (Fsp3) is 0.273. The first-order valence-corrected chi connectivity index (χ1v) is 4.39. The summed E-state index contributed by atoms with van der Waals surface area (Å²) >= 11 is 0. The number of benzene rings is 1. The second-order valence-corrected chi connectivity index (χ2v) is 3.01. The van der Waals surface area contributed by atoms with Gasteiger partial charge in [0.2, 0.25) is 0 Å². The largest absolute Gasteiger partial charge is 0.469 e. The van der Waals surface area contributed by atoms with E-state index in [4.69, 9.17) is 5.26 Å². The Bertz CT molecular complexity index is 381. The highest BCUT2D eigenvalue weighted by atomic mass is 19.1. The maximum Gasteiger partial charge on any atom is 0.307 e. The third-order valence-corrected chi connectivity index (χ3v) is 2.03. The average molecular weight is 207 g/mol. The number of esters is 1. The molecule has 15 heavy (non-hydrogen) atoms. The van der Waals surface area contributed by atoms with Crippen molar-refractivity contribution >= 4 is 5.97 Å². The van der Waals surface area contributed by atoms with Crippen molar-refractivity contribution in [1.82, 2.24) is 0 Å². The van der Waals surface area contributed by atoms with E-state index in [0.29, 0.717) is 5.56 Å². The number of methoxy groups -OCH3 is 1. The lowest BCUT2D eigenvalue weighted by Gasteiger charge is -2.07. The molecule has 0 aliphatic carbocycles.